The fraction of sp³-hybridized carbons (Fsp3) is 0.154. The predicted molar refractivity (Wildman–Crippen MR) is 72.7 cm³/mol. The van der Waals surface area contributed by atoms with Crippen molar-refractivity contribution in [2.45, 2.75) is 6.54 Å². The predicted octanol–water partition coefficient (Wildman–Crippen LogP) is 1.08. The van der Waals surface area contributed by atoms with Gasteiger partial charge < -0.3 is 20.7 Å². The average molecular weight is 274 g/mol. The maximum absolute atomic E-state index is 12.0. The summed E-state index contributed by atoms with van der Waals surface area (Å²) in [6, 6.07) is 7.26. The van der Waals surface area contributed by atoms with Crippen LogP contribution in [0.25, 0.3) is 0 Å². The molecule has 0 bridgehead atoms. The highest BCUT2D eigenvalue weighted by molar-refractivity contribution is 6.08. The van der Waals surface area contributed by atoms with E-state index in [4.69, 9.17) is 5.11 Å². The van der Waals surface area contributed by atoms with Crippen LogP contribution in [0.4, 0.5) is 5.69 Å². The monoisotopic (exact) mass is 274 g/mol. The third-order valence-corrected chi connectivity index (χ3v) is 2.63. The van der Waals surface area contributed by atoms with E-state index in [1.807, 2.05) is 25.2 Å². The summed E-state index contributed by atoms with van der Waals surface area (Å²) >= 11 is 0. The normalized spacial score (nSPS) is 10.2. The van der Waals surface area contributed by atoms with Crippen molar-refractivity contribution >= 4 is 17.6 Å². The zero-order valence-electron chi connectivity index (χ0n) is 10.8. The van der Waals surface area contributed by atoms with Gasteiger partial charge in [-0.1, -0.05) is 12.1 Å². The van der Waals surface area contributed by atoms with Gasteiger partial charge in [0.2, 0.25) is 0 Å². The number of hydrogen-bond donors (Lipinski definition) is 4. The highest BCUT2D eigenvalue weighted by atomic mass is 16.4. The number of hydrogen-bond acceptors (Lipinski definition) is 4. The molecule has 0 radical (unpaired) electrons. The van der Waals surface area contributed by atoms with Crippen LogP contribution in [0.15, 0.2) is 30.6 Å². The molecule has 0 aliphatic heterocycles. The first-order chi connectivity index (χ1) is 9.61. The molecule has 1 aromatic carbocycles. The number of nitrogens with zero attached hydrogens (tertiary/aromatic N) is 1. The quantitative estimate of drug-likeness (QED) is 0.652. The maximum Gasteiger partial charge on any atom is 0.354 e. The lowest BCUT2D eigenvalue weighted by Gasteiger charge is -2.06. The highest BCUT2D eigenvalue weighted by Gasteiger charge is 2.19. The summed E-state index contributed by atoms with van der Waals surface area (Å²) in [5.74, 6) is -1.79. The summed E-state index contributed by atoms with van der Waals surface area (Å²) in [6.07, 6.45) is 1.18. The number of benzene rings is 1. The second kappa shape index (κ2) is 5.98. The van der Waals surface area contributed by atoms with Gasteiger partial charge in [0.25, 0.3) is 5.91 Å². The van der Waals surface area contributed by atoms with E-state index >= 15 is 0 Å². The van der Waals surface area contributed by atoms with E-state index in [0.717, 1.165) is 5.56 Å². The number of rotatable bonds is 5. The smallest absolute Gasteiger partial charge is 0.354 e. The summed E-state index contributed by atoms with van der Waals surface area (Å²) < 4.78 is 0. The summed E-state index contributed by atoms with van der Waals surface area (Å²) in [4.78, 5) is 29.1. The summed E-state index contributed by atoms with van der Waals surface area (Å²) in [5.41, 5.74) is 1.22. The number of carboxylic acid groups (broad SMARTS) is 1. The largest absolute Gasteiger partial charge is 0.477 e. The molecular weight excluding hydrogens is 260 g/mol. The second-order valence-corrected chi connectivity index (χ2v) is 4.12. The molecule has 7 nitrogen and oxygen atoms in total. The van der Waals surface area contributed by atoms with Gasteiger partial charge in [-0.25, -0.2) is 9.78 Å². The number of anilines is 1. The Balaban J connectivity index is 2.17. The van der Waals surface area contributed by atoms with Crippen LogP contribution in [0, 0.1) is 0 Å². The van der Waals surface area contributed by atoms with Gasteiger partial charge >= 0.3 is 5.97 Å². The third-order valence-electron chi connectivity index (χ3n) is 2.63. The van der Waals surface area contributed by atoms with Crippen LogP contribution in [0.5, 0.6) is 0 Å². The van der Waals surface area contributed by atoms with Gasteiger partial charge in [-0.05, 0) is 24.7 Å². The lowest BCUT2D eigenvalue weighted by molar-refractivity contribution is 0.0686. The van der Waals surface area contributed by atoms with Crippen LogP contribution in [0.1, 0.15) is 26.5 Å². The topological polar surface area (TPSA) is 107 Å². The number of aromatic amines is 1. The average Bonchev–Trinajstić information content (AvgIpc) is 2.89. The molecule has 7 heteroatoms. The van der Waals surface area contributed by atoms with E-state index in [1.54, 1.807) is 6.07 Å². The fourth-order valence-electron chi connectivity index (χ4n) is 1.78. The zero-order chi connectivity index (χ0) is 14.5. The molecule has 0 saturated heterocycles. The summed E-state index contributed by atoms with van der Waals surface area (Å²) in [6.45, 7) is 0.673. The molecule has 0 saturated carbocycles. The van der Waals surface area contributed by atoms with Crippen molar-refractivity contribution in [3.63, 3.8) is 0 Å². The van der Waals surface area contributed by atoms with Crippen molar-refractivity contribution < 1.29 is 14.7 Å². The Morgan fingerprint density at radius 3 is 2.90 bits per heavy atom. The SMILES string of the molecule is CNCc1cccc(NC(=O)c2nc[nH]c2C(=O)O)c1. The lowest BCUT2D eigenvalue weighted by Crippen LogP contribution is -2.16. The van der Waals surface area contributed by atoms with Gasteiger partial charge in [-0.2, -0.15) is 0 Å². The summed E-state index contributed by atoms with van der Waals surface area (Å²) in [5, 5.41) is 14.6. The molecule has 2 rings (SSSR count). The van der Waals surface area contributed by atoms with Crippen molar-refractivity contribution in [2.24, 2.45) is 0 Å². The molecule has 1 heterocycles. The molecule has 0 atom stereocenters. The van der Waals surface area contributed by atoms with Crippen molar-refractivity contribution in [3.05, 3.63) is 47.5 Å². The number of aromatic nitrogens is 2. The van der Waals surface area contributed by atoms with Crippen molar-refractivity contribution in [2.75, 3.05) is 12.4 Å². The van der Waals surface area contributed by atoms with E-state index in [9.17, 15) is 9.59 Å². The van der Waals surface area contributed by atoms with Gasteiger partial charge in [0.05, 0.1) is 6.33 Å². The molecule has 0 spiro atoms. The first-order valence-electron chi connectivity index (χ1n) is 5.93. The molecule has 2 aromatic rings. The third kappa shape index (κ3) is 3.01. The molecule has 0 aliphatic carbocycles. The Hall–Kier alpha value is -2.67. The number of nitrogens with one attached hydrogen (secondary N) is 3. The molecule has 4 N–H and O–H groups in total. The van der Waals surface area contributed by atoms with Crippen LogP contribution < -0.4 is 10.6 Å². The fourth-order valence-corrected chi connectivity index (χ4v) is 1.78. The number of H-pyrrole nitrogens is 1. The van der Waals surface area contributed by atoms with E-state index in [1.165, 1.54) is 6.33 Å². The Morgan fingerprint density at radius 1 is 1.40 bits per heavy atom. The Labute approximate surface area is 115 Å². The van der Waals surface area contributed by atoms with Gasteiger partial charge in [-0.3, -0.25) is 4.79 Å². The van der Waals surface area contributed by atoms with Crippen LogP contribution in [0.3, 0.4) is 0 Å². The van der Waals surface area contributed by atoms with E-state index in [2.05, 4.69) is 20.6 Å². The van der Waals surface area contributed by atoms with Crippen molar-refractivity contribution in [1.82, 2.24) is 15.3 Å². The van der Waals surface area contributed by atoms with Gasteiger partial charge in [0, 0.05) is 12.2 Å². The van der Waals surface area contributed by atoms with Crippen LogP contribution >= 0.6 is 0 Å². The molecule has 0 fully saturated rings. The molecule has 1 aromatic heterocycles. The standard InChI is InChI=1S/C13H14N4O3/c1-14-6-8-3-2-4-9(5-8)17-12(18)10-11(13(19)20)16-7-15-10/h2-5,7,14H,6H2,1H3,(H,15,16)(H,17,18)(H,19,20). The van der Waals surface area contributed by atoms with Crippen LogP contribution in [-0.4, -0.2) is 34.0 Å². The molecule has 1 amide bonds. The molecule has 0 aliphatic rings. The minimum atomic E-state index is -1.23. The number of amides is 1. The van der Waals surface area contributed by atoms with Crippen molar-refractivity contribution in [3.8, 4) is 0 Å². The zero-order valence-corrected chi connectivity index (χ0v) is 10.8. The molecule has 104 valence electrons. The van der Waals surface area contributed by atoms with Crippen LogP contribution in [0.2, 0.25) is 0 Å². The number of aromatic carboxylic acids is 1. The van der Waals surface area contributed by atoms with Gasteiger partial charge in [-0.15, -0.1) is 0 Å². The Kier molecular flexibility index (Phi) is 4.11. The van der Waals surface area contributed by atoms with E-state index in [0.29, 0.717) is 12.2 Å². The number of imidazole rings is 1. The minimum absolute atomic E-state index is 0.142. The highest BCUT2D eigenvalue weighted by Crippen LogP contribution is 2.13. The van der Waals surface area contributed by atoms with Gasteiger partial charge in [0.1, 0.15) is 0 Å². The number of carbonyl (C=O) groups is 2. The molecule has 20 heavy (non-hydrogen) atoms. The Morgan fingerprint density at radius 2 is 2.20 bits per heavy atom. The Bertz CT molecular complexity index is 636. The van der Waals surface area contributed by atoms with E-state index in [-0.39, 0.29) is 11.4 Å². The maximum atomic E-state index is 12.0. The lowest BCUT2D eigenvalue weighted by atomic mass is 10.2. The first kappa shape index (κ1) is 13.8. The molecular formula is C13H14N4O3. The van der Waals surface area contributed by atoms with E-state index < -0.39 is 11.9 Å². The van der Waals surface area contributed by atoms with Gasteiger partial charge in [0.15, 0.2) is 11.4 Å². The minimum Gasteiger partial charge on any atom is -0.477 e. The summed E-state index contributed by atoms with van der Waals surface area (Å²) in [7, 11) is 1.83. The number of carbonyl (C=O) groups excluding carboxylic acids is 1. The molecule has 0 unspecified atom stereocenters. The van der Waals surface area contributed by atoms with Crippen LogP contribution in [-0.2, 0) is 6.54 Å². The first-order valence-corrected chi connectivity index (χ1v) is 5.93. The number of carboxylic acids is 1. The van der Waals surface area contributed by atoms with Crippen molar-refractivity contribution in [1.29, 1.82) is 0 Å². The second-order valence-electron chi connectivity index (χ2n) is 4.12.